The minimum absolute atomic E-state index is 0. The van der Waals surface area contributed by atoms with Gasteiger partial charge < -0.3 is 24.8 Å². The van der Waals surface area contributed by atoms with Gasteiger partial charge in [0, 0.05) is 0 Å². The fraction of sp³-hybridized carbons (Fsp3) is 0.333. The van der Waals surface area contributed by atoms with E-state index < -0.39 is 0 Å². The van der Waals surface area contributed by atoms with Crippen molar-refractivity contribution < 1.29 is 44.0 Å². The molecule has 3 aromatic rings. The Morgan fingerprint density at radius 1 is 0.794 bits per heavy atom. The monoisotopic (exact) mass is 542 g/mol. The smallest absolute Gasteiger partial charge is 1.00 e. The number of halogens is 2. The summed E-state index contributed by atoms with van der Waals surface area (Å²) in [6.45, 7) is 9.63. The molecular formula is C30H33Cl2PTi. The predicted octanol–water partition coefficient (Wildman–Crippen LogP) is 1.86. The molecule has 1 atom stereocenters. The van der Waals surface area contributed by atoms with Gasteiger partial charge in [-0.3, -0.25) is 0 Å². The van der Waals surface area contributed by atoms with E-state index in [1.165, 1.54) is 34.6 Å². The van der Waals surface area contributed by atoms with E-state index in [1.807, 2.05) is 0 Å². The third-order valence-corrected chi connectivity index (χ3v) is 13.1. The fourth-order valence-corrected chi connectivity index (χ4v) is 12.0. The van der Waals surface area contributed by atoms with E-state index in [1.54, 1.807) is 20.3 Å². The van der Waals surface area contributed by atoms with Crippen molar-refractivity contribution >= 4 is 17.9 Å². The van der Waals surface area contributed by atoms with E-state index in [4.69, 9.17) is 0 Å². The van der Waals surface area contributed by atoms with Crippen LogP contribution in [0.4, 0.5) is 0 Å². The summed E-state index contributed by atoms with van der Waals surface area (Å²) in [5.74, 6) is 1.53. The number of benzene rings is 3. The standard InChI is InChI=1S/C17H24P.C13H9.2ClH.Ti/c1-13(2)11-18(12-14(3)4)17-9-15-7-5-6-8-16(15)10-17;1-3-7-12-10(5-1)9-11-6-2-4-8-13(11)12;;;/h5-10,13-14H,11-12H2,1-4H3;1-5,7-8H,9H2;2*1H;/q;;;;+2/p-2. The van der Waals surface area contributed by atoms with E-state index in [2.05, 4.69) is 101 Å². The number of hydrogen-bond acceptors (Lipinski definition) is 0. The SMILES string of the molecule is CC(C)CP(CC(C)C)C1=Cc2ccccc2[CH]1[Ti+2][c]1cccc2c1Cc1ccccc1-2.[Cl-].[Cl-]. The van der Waals surface area contributed by atoms with Gasteiger partial charge in [0.15, 0.2) is 0 Å². The van der Waals surface area contributed by atoms with Gasteiger partial charge >= 0.3 is 205 Å². The van der Waals surface area contributed by atoms with Gasteiger partial charge in [-0.2, -0.15) is 0 Å². The molecule has 0 radical (unpaired) electrons. The average molecular weight is 543 g/mol. The molecular weight excluding hydrogens is 510 g/mol. The Kier molecular flexibility index (Phi) is 9.70. The van der Waals surface area contributed by atoms with Crippen molar-refractivity contribution in [3.05, 3.63) is 94.3 Å². The average Bonchev–Trinajstić information content (AvgIpc) is 3.32. The van der Waals surface area contributed by atoms with Crippen molar-refractivity contribution in [2.45, 2.75) is 38.3 Å². The zero-order chi connectivity index (χ0) is 22.2. The number of allylic oxidation sites excluding steroid dienone is 1. The van der Waals surface area contributed by atoms with Crippen LogP contribution in [0.1, 0.15) is 54.2 Å². The van der Waals surface area contributed by atoms with Gasteiger partial charge in [-0.25, -0.2) is 0 Å². The van der Waals surface area contributed by atoms with Crippen LogP contribution in [0.2, 0.25) is 0 Å². The minimum atomic E-state index is -0.328. The van der Waals surface area contributed by atoms with Crippen LogP contribution in [0.3, 0.4) is 0 Å². The minimum Gasteiger partial charge on any atom is -1.00 e. The summed E-state index contributed by atoms with van der Waals surface area (Å²) in [5, 5.41) is 1.80. The van der Waals surface area contributed by atoms with Gasteiger partial charge in [0.2, 0.25) is 0 Å². The van der Waals surface area contributed by atoms with Crippen LogP contribution in [0.25, 0.3) is 17.2 Å². The van der Waals surface area contributed by atoms with Crippen LogP contribution in [0, 0.1) is 11.8 Å². The summed E-state index contributed by atoms with van der Waals surface area (Å²) in [6.07, 6.45) is 6.46. The van der Waals surface area contributed by atoms with Crippen molar-refractivity contribution in [1.82, 2.24) is 0 Å². The second-order valence-electron chi connectivity index (χ2n) is 10.1. The molecule has 3 aromatic carbocycles. The van der Waals surface area contributed by atoms with Crippen LogP contribution in [0.5, 0.6) is 0 Å². The maximum atomic E-state index is 2.61. The van der Waals surface area contributed by atoms with E-state index in [-0.39, 0.29) is 51.9 Å². The van der Waals surface area contributed by atoms with Crippen LogP contribution < -0.4 is 28.7 Å². The summed E-state index contributed by atoms with van der Waals surface area (Å²) in [5.41, 5.74) is 9.17. The maximum Gasteiger partial charge on any atom is -1.00 e. The van der Waals surface area contributed by atoms with Gasteiger partial charge in [-0.1, -0.05) is 0 Å². The zero-order valence-corrected chi connectivity index (χ0v) is 24.5. The van der Waals surface area contributed by atoms with Gasteiger partial charge in [-0.15, -0.1) is 0 Å². The molecule has 0 spiro atoms. The Bertz CT molecular complexity index is 1160. The Hall–Kier alpha value is -0.876. The second kappa shape index (κ2) is 11.9. The van der Waals surface area contributed by atoms with Crippen molar-refractivity contribution in [2.24, 2.45) is 11.8 Å². The Balaban J connectivity index is 0.00000162. The molecule has 2 aliphatic rings. The quantitative estimate of drug-likeness (QED) is 0.247. The predicted molar refractivity (Wildman–Crippen MR) is 138 cm³/mol. The van der Waals surface area contributed by atoms with Crippen molar-refractivity contribution in [3.8, 4) is 11.1 Å². The number of rotatable bonds is 7. The largest absolute Gasteiger partial charge is 1.00 e. The van der Waals surface area contributed by atoms with Gasteiger partial charge in [0.25, 0.3) is 0 Å². The van der Waals surface area contributed by atoms with Crippen molar-refractivity contribution in [2.75, 3.05) is 12.3 Å². The maximum absolute atomic E-state index is 2.61. The van der Waals surface area contributed by atoms with Crippen LogP contribution >= 0.6 is 7.92 Å². The van der Waals surface area contributed by atoms with Crippen LogP contribution in [-0.2, 0) is 25.6 Å². The van der Waals surface area contributed by atoms with E-state index in [0.717, 1.165) is 18.3 Å². The normalized spacial score (nSPS) is 15.3. The van der Waals surface area contributed by atoms with Gasteiger partial charge in [0.1, 0.15) is 0 Å². The molecule has 0 fully saturated rings. The number of fused-ring (bicyclic) bond motifs is 4. The van der Waals surface area contributed by atoms with E-state index >= 15 is 0 Å². The first-order valence-corrected chi connectivity index (χ1v) is 15.4. The molecule has 0 bridgehead atoms. The van der Waals surface area contributed by atoms with Crippen molar-refractivity contribution in [3.63, 3.8) is 0 Å². The molecule has 4 heteroatoms. The third kappa shape index (κ3) is 5.58. The number of hydrogen-bond donors (Lipinski definition) is 0. The summed E-state index contributed by atoms with van der Waals surface area (Å²) in [4.78, 5) is 0. The molecule has 0 aliphatic heterocycles. The van der Waals surface area contributed by atoms with Gasteiger partial charge in [-0.05, 0) is 0 Å². The third-order valence-electron chi connectivity index (χ3n) is 6.59. The fourth-order valence-electron chi connectivity index (χ4n) is 5.35. The van der Waals surface area contributed by atoms with Crippen LogP contribution in [-0.4, -0.2) is 12.3 Å². The molecule has 0 heterocycles. The molecule has 0 amide bonds. The second-order valence-corrected chi connectivity index (χ2v) is 14.7. The molecule has 176 valence electrons. The molecule has 0 aromatic heterocycles. The Morgan fingerprint density at radius 3 is 2.18 bits per heavy atom. The first-order chi connectivity index (χ1) is 15.5. The molecule has 0 nitrogen and oxygen atoms in total. The first-order valence-electron chi connectivity index (χ1n) is 12.0. The molecule has 0 N–H and O–H groups in total. The zero-order valence-electron chi connectivity index (χ0n) is 20.5. The summed E-state index contributed by atoms with van der Waals surface area (Å²) in [7, 11) is -0.0827. The summed E-state index contributed by atoms with van der Waals surface area (Å²) in [6, 6.07) is 25.4. The van der Waals surface area contributed by atoms with E-state index in [0.29, 0.717) is 4.22 Å². The summed E-state index contributed by atoms with van der Waals surface area (Å²) < 4.78 is 2.33. The Labute approximate surface area is 228 Å². The molecule has 1 unspecified atom stereocenters. The molecule has 34 heavy (non-hydrogen) atoms. The molecule has 0 saturated heterocycles. The molecule has 2 aliphatic carbocycles. The van der Waals surface area contributed by atoms with Crippen molar-refractivity contribution in [1.29, 1.82) is 0 Å². The summed E-state index contributed by atoms with van der Waals surface area (Å²) >= 11 is -0.328. The molecule has 0 saturated carbocycles. The van der Waals surface area contributed by atoms with Gasteiger partial charge in [0.05, 0.1) is 0 Å². The molecule has 5 rings (SSSR count). The van der Waals surface area contributed by atoms with Crippen LogP contribution in [0.15, 0.2) is 72.0 Å². The first kappa shape index (κ1) is 27.7. The Morgan fingerprint density at radius 2 is 1.44 bits per heavy atom. The van der Waals surface area contributed by atoms with E-state index in [9.17, 15) is 0 Å². The topological polar surface area (TPSA) is 0 Å².